The molecule has 0 aliphatic carbocycles. The van der Waals surface area contributed by atoms with E-state index < -0.39 is 11.5 Å². The molecule has 0 radical (unpaired) electrons. The maximum Gasteiger partial charge on any atom is 0.324 e. The van der Waals surface area contributed by atoms with Gasteiger partial charge in [-0.25, -0.2) is 0 Å². The molecule has 5 heteroatoms. The minimum absolute atomic E-state index is 0.320. The summed E-state index contributed by atoms with van der Waals surface area (Å²) in [6, 6.07) is 5.21. The summed E-state index contributed by atoms with van der Waals surface area (Å²) in [6.07, 6.45) is 1.78. The molecule has 1 unspecified atom stereocenters. The monoisotopic (exact) mass is 273 g/mol. The molecule has 17 heavy (non-hydrogen) atoms. The van der Waals surface area contributed by atoms with Crippen molar-refractivity contribution in [3.05, 3.63) is 33.8 Å². The van der Waals surface area contributed by atoms with Crippen molar-refractivity contribution in [2.45, 2.75) is 24.8 Å². The molecule has 1 aliphatic rings. The summed E-state index contributed by atoms with van der Waals surface area (Å²) in [4.78, 5) is 11.4. The molecule has 1 saturated heterocycles. The first-order chi connectivity index (χ1) is 8.05. The summed E-state index contributed by atoms with van der Waals surface area (Å²) in [7, 11) is 0. The van der Waals surface area contributed by atoms with E-state index in [1.165, 1.54) is 0 Å². The molecule has 1 aromatic carbocycles. The van der Waals surface area contributed by atoms with E-state index in [1.54, 1.807) is 18.2 Å². The Morgan fingerprint density at radius 3 is 2.53 bits per heavy atom. The zero-order valence-electron chi connectivity index (χ0n) is 9.17. The van der Waals surface area contributed by atoms with Gasteiger partial charge in [-0.3, -0.25) is 4.79 Å². The van der Waals surface area contributed by atoms with Gasteiger partial charge < -0.3 is 10.4 Å². The van der Waals surface area contributed by atoms with Gasteiger partial charge in [0.05, 0.1) is 0 Å². The third-order valence-corrected chi connectivity index (χ3v) is 3.90. The quantitative estimate of drug-likeness (QED) is 0.891. The first kappa shape index (κ1) is 12.7. The van der Waals surface area contributed by atoms with Gasteiger partial charge in [-0.2, -0.15) is 0 Å². The largest absolute Gasteiger partial charge is 0.480 e. The summed E-state index contributed by atoms with van der Waals surface area (Å²) in [5.74, 6) is -0.842. The predicted molar refractivity (Wildman–Crippen MR) is 67.8 cm³/mol. The van der Waals surface area contributed by atoms with Gasteiger partial charge >= 0.3 is 5.97 Å². The molecule has 1 atom stereocenters. The van der Waals surface area contributed by atoms with E-state index in [2.05, 4.69) is 5.32 Å². The number of halogens is 2. The van der Waals surface area contributed by atoms with Gasteiger partial charge in [0.15, 0.2) is 0 Å². The van der Waals surface area contributed by atoms with E-state index in [1.807, 2.05) is 0 Å². The van der Waals surface area contributed by atoms with Crippen molar-refractivity contribution >= 4 is 29.2 Å². The summed E-state index contributed by atoms with van der Waals surface area (Å²) in [5.41, 5.74) is -0.220. The molecule has 0 bridgehead atoms. The minimum atomic E-state index is -0.922. The van der Waals surface area contributed by atoms with Crippen LogP contribution in [-0.4, -0.2) is 23.2 Å². The molecule has 2 N–H and O–H groups in total. The highest BCUT2D eigenvalue weighted by atomic mass is 35.5. The zero-order valence-corrected chi connectivity index (χ0v) is 10.7. The predicted octanol–water partition coefficient (Wildman–Crippen LogP) is 2.74. The van der Waals surface area contributed by atoms with Gasteiger partial charge in [0.1, 0.15) is 5.54 Å². The molecular formula is C12H13Cl2NO2. The summed E-state index contributed by atoms with van der Waals surface area (Å²) >= 11 is 12.1. The zero-order chi connectivity index (χ0) is 12.5. The van der Waals surface area contributed by atoms with Crippen molar-refractivity contribution in [2.75, 3.05) is 6.54 Å². The van der Waals surface area contributed by atoms with Crippen molar-refractivity contribution in [3.63, 3.8) is 0 Å². The van der Waals surface area contributed by atoms with Gasteiger partial charge in [-0.15, -0.1) is 0 Å². The van der Waals surface area contributed by atoms with Gasteiger partial charge in [-0.05, 0) is 37.1 Å². The molecule has 0 saturated carbocycles. The minimum Gasteiger partial charge on any atom is -0.480 e. The van der Waals surface area contributed by atoms with Crippen LogP contribution in [0.1, 0.15) is 18.4 Å². The Kier molecular flexibility index (Phi) is 3.61. The molecule has 2 rings (SSSR count). The van der Waals surface area contributed by atoms with Gasteiger partial charge in [0.25, 0.3) is 0 Å². The van der Waals surface area contributed by atoms with Crippen molar-refractivity contribution in [2.24, 2.45) is 0 Å². The topological polar surface area (TPSA) is 49.3 Å². The fourth-order valence-corrected chi connectivity index (χ4v) is 2.75. The van der Waals surface area contributed by atoms with Crippen LogP contribution in [0.2, 0.25) is 10.0 Å². The van der Waals surface area contributed by atoms with E-state index in [9.17, 15) is 9.90 Å². The molecule has 1 aliphatic heterocycles. The number of hydrogen-bond acceptors (Lipinski definition) is 2. The second-order valence-electron chi connectivity index (χ2n) is 4.29. The average molecular weight is 274 g/mol. The lowest BCUT2D eigenvalue weighted by atomic mass is 9.89. The van der Waals surface area contributed by atoms with Crippen LogP contribution in [0, 0.1) is 0 Å². The number of carboxylic acids is 1. The van der Waals surface area contributed by atoms with Crippen LogP contribution in [0.5, 0.6) is 0 Å². The fraction of sp³-hybridized carbons (Fsp3) is 0.417. The second-order valence-corrected chi connectivity index (χ2v) is 5.11. The highest BCUT2D eigenvalue weighted by Gasteiger charge is 2.41. The van der Waals surface area contributed by atoms with Gasteiger partial charge in [-0.1, -0.05) is 29.3 Å². The number of hydrogen-bond donors (Lipinski definition) is 2. The summed E-state index contributed by atoms with van der Waals surface area (Å²) < 4.78 is 0. The molecule has 92 valence electrons. The van der Waals surface area contributed by atoms with E-state index in [4.69, 9.17) is 23.2 Å². The van der Waals surface area contributed by atoms with E-state index >= 15 is 0 Å². The molecular weight excluding hydrogens is 261 g/mol. The Balaban J connectivity index is 2.33. The van der Waals surface area contributed by atoms with Crippen LogP contribution in [0.25, 0.3) is 0 Å². The Labute approximate surface area is 110 Å². The summed E-state index contributed by atoms with van der Waals surface area (Å²) in [6.45, 7) is 0.717. The van der Waals surface area contributed by atoms with Crippen molar-refractivity contribution in [1.82, 2.24) is 5.32 Å². The first-order valence-corrected chi connectivity index (χ1v) is 6.22. The van der Waals surface area contributed by atoms with Crippen LogP contribution < -0.4 is 5.32 Å². The van der Waals surface area contributed by atoms with Crippen LogP contribution in [0.4, 0.5) is 0 Å². The van der Waals surface area contributed by atoms with Gasteiger partial charge in [0, 0.05) is 16.5 Å². The standard InChI is InChI=1S/C12H13Cl2NO2/c13-9-3-1-4-10(14)8(9)7-12(11(16)17)5-2-6-15-12/h1,3-4,15H,2,5-7H2,(H,16,17). The number of nitrogens with one attached hydrogen (secondary N) is 1. The fourth-order valence-electron chi connectivity index (χ4n) is 2.22. The van der Waals surface area contributed by atoms with Crippen LogP contribution in [-0.2, 0) is 11.2 Å². The maximum atomic E-state index is 11.4. The smallest absolute Gasteiger partial charge is 0.324 e. The van der Waals surface area contributed by atoms with E-state index in [-0.39, 0.29) is 0 Å². The van der Waals surface area contributed by atoms with Crippen molar-refractivity contribution in [3.8, 4) is 0 Å². The first-order valence-electron chi connectivity index (χ1n) is 5.46. The normalized spacial score (nSPS) is 23.9. The molecule has 1 fully saturated rings. The van der Waals surface area contributed by atoms with E-state index in [0.29, 0.717) is 35.0 Å². The molecule has 0 amide bonds. The molecule has 1 aromatic rings. The van der Waals surface area contributed by atoms with Crippen LogP contribution in [0.3, 0.4) is 0 Å². The van der Waals surface area contributed by atoms with Gasteiger partial charge in [0.2, 0.25) is 0 Å². The van der Waals surface area contributed by atoms with Crippen LogP contribution >= 0.6 is 23.2 Å². The lowest BCUT2D eigenvalue weighted by molar-refractivity contribution is -0.144. The van der Waals surface area contributed by atoms with Crippen molar-refractivity contribution < 1.29 is 9.90 Å². The Morgan fingerprint density at radius 2 is 2.06 bits per heavy atom. The highest BCUT2D eigenvalue weighted by molar-refractivity contribution is 6.36. The lowest BCUT2D eigenvalue weighted by Gasteiger charge is -2.25. The lowest BCUT2D eigenvalue weighted by Crippen LogP contribution is -2.49. The number of rotatable bonds is 3. The molecule has 3 nitrogen and oxygen atoms in total. The van der Waals surface area contributed by atoms with E-state index in [0.717, 1.165) is 6.42 Å². The third-order valence-electron chi connectivity index (χ3n) is 3.19. The average Bonchev–Trinajstić information content (AvgIpc) is 2.73. The molecule has 0 spiro atoms. The number of aliphatic carboxylic acids is 1. The SMILES string of the molecule is O=C(O)C1(Cc2c(Cl)cccc2Cl)CCCN1. The highest BCUT2D eigenvalue weighted by Crippen LogP contribution is 2.32. The maximum absolute atomic E-state index is 11.4. The Hall–Kier alpha value is -0.770. The Morgan fingerprint density at radius 1 is 1.41 bits per heavy atom. The van der Waals surface area contributed by atoms with Crippen molar-refractivity contribution in [1.29, 1.82) is 0 Å². The third kappa shape index (κ3) is 2.41. The number of benzene rings is 1. The summed E-state index contributed by atoms with van der Waals surface area (Å²) in [5, 5.41) is 13.5. The molecule has 0 aromatic heterocycles. The molecule has 1 heterocycles. The Bertz CT molecular complexity index is 422. The second kappa shape index (κ2) is 4.84. The van der Waals surface area contributed by atoms with Crippen LogP contribution in [0.15, 0.2) is 18.2 Å². The number of carbonyl (C=O) groups is 1. The number of carboxylic acid groups (broad SMARTS) is 1.